The second-order valence-corrected chi connectivity index (χ2v) is 8.43. The van der Waals surface area contributed by atoms with Crippen LogP contribution in [0.2, 0.25) is 0 Å². The van der Waals surface area contributed by atoms with Crippen molar-refractivity contribution in [3.8, 4) is 0 Å². The molecule has 0 aliphatic carbocycles. The van der Waals surface area contributed by atoms with E-state index < -0.39 is 10.0 Å². The number of nitrogens with zero attached hydrogens (tertiary/aromatic N) is 3. The van der Waals surface area contributed by atoms with Gasteiger partial charge >= 0.3 is 0 Å². The first-order valence-electron chi connectivity index (χ1n) is 9.00. The molecule has 0 spiro atoms. The van der Waals surface area contributed by atoms with Crippen LogP contribution in [0.3, 0.4) is 0 Å². The molecule has 152 valence electrons. The summed E-state index contributed by atoms with van der Waals surface area (Å²) >= 11 is 0. The molecule has 1 saturated heterocycles. The summed E-state index contributed by atoms with van der Waals surface area (Å²) in [5.74, 6) is 0.566. The van der Waals surface area contributed by atoms with Crippen molar-refractivity contribution in [2.24, 2.45) is 16.8 Å². The highest BCUT2D eigenvalue weighted by Crippen LogP contribution is 2.30. The number of primary sulfonamides is 1. The number of amides is 1. The Morgan fingerprint density at radius 2 is 1.83 bits per heavy atom. The molecule has 11 heteroatoms. The lowest BCUT2D eigenvalue weighted by atomic mass is 9.96. The van der Waals surface area contributed by atoms with Crippen molar-refractivity contribution < 1.29 is 17.6 Å². The first kappa shape index (κ1) is 19.2. The number of anilines is 3. The van der Waals surface area contributed by atoms with Crippen LogP contribution in [0, 0.1) is 5.92 Å². The summed E-state index contributed by atoms with van der Waals surface area (Å²) in [5.41, 5.74) is 7.23. The fourth-order valence-electron chi connectivity index (χ4n) is 3.35. The first-order valence-corrected chi connectivity index (χ1v) is 10.6. The van der Waals surface area contributed by atoms with Gasteiger partial charge in [0.15, 0.2) is 11.4 Å². The van der Waals surface area contributed by atoms with Gasteiger partial charge in [0, 0.05) is 30.8 Å². The number of carbonyl (C=O) groups is 1. The van der Waals surface area contributed by atoms with Crippen molar-refractivity contribution in [3.63, 3.8) is 0 Å². The molecule has 4 rings (SSSR count). The smallest absolute Gasteiger partial charge is 0.238 e. The summed E-state index contributed by atoms with van der Waals surface area (Å²) in [5, 5.41) is 8.19. The number of aromatic nitrogens is 2. The normalized spacial score (nSPS) is 15.6. The Labute approximate surface area is 166 Å². The Kier molecular flexibility index (Phi) is 4.84. The lowest BCUT2D eigenvalue weighted by Crippen LogP contribution is -2.39. The molecule has 1 aliphatic rings. The molecule has 10 nitrogen and oxygen atoms in total. The van der Waals surface area contributed by atoms with Gasteiger partial charge in [0.1, 0.15) is 5.52 Å². The summed E-state index contributed by atoms with van der Waals surface area (Å²) < 4.78 is 28.4. The average Bonchev–Trinajstić information content (AvgIpc) is 3.16. The third-order valence-corrected chi connectivity index (χ3v) is 5.85. The maximum Gasteiger partial charge on any atom is 0.238 e. The lowest BCUT2D eigenvalue weighted by Gasteiger charge is -2.31. The minimum atomic E-state index is -3.76. The van der Waals surface area contributed by atoms with Crippen LogP contribution in [0.1, 0.15) is 12.8 Å². The molecule has 1 fully saturated rings. The van der Waals surface area contributed by atoms with E-state index in [0.717, 1.165) is 0 Å². The van der Waals surface area contributed by atoms with E-state index in [0.29, 0.717) is 54.5 Å². The number of piperidine rings is 1. The number of nitrogens with one attached hydrogen (secondary N) is 1. The zero-order valence-corrected chi connectivity index (χ0v) is 16.2. The standard InChI is InChI=1S/C18H20N6O4S/c19-16(25)11-5-8-24(9-6-11)17-15-14(7-10-28-15)22-18(23-17)21-12-1-3-13(4-2-12)29(20,26)27/h1-4,7,10-11H,5-6,8-9H2,(H2,19,25)(H2,20,26,27)(H,21,22,23). The number of carbonyl (C=O) groups excluding carboxylic acids is 1. The lowest BCUT2D eigenvalue weighted by molar-refractivity contribution is -0.122. The molecule has 0 unspecified atom stereocenters. The van der Waals surface area contributed by atoms with Crippen LogP contribution in [0.5, 0.6) is 0 Å². The van der Waals surface area contributed by atoms with Crippen LogP contribution in [0.25, 0.3) is 11.1 Å². The van der Waals surface area contributed by atoms with E-state index in [2.05, 4.69) is 15.3 Å². The number of rotatable bonds is 5. The van der Waals surface area contributed by atoms with E-state index in [1.165, 1.54) is 12.1 Å². The van der Waals surface area contributed by atoms with E-state index in [-0.39, 0.29) is 16.7 Å². The Morgan fingerprint density at radius 1 is 1.14 bits per heavy atom. The van der Waals surface area contributed by atoms with Crippen molar-refractivity contribution in [1.29, 1.82) is 0 Å². The van der Waals surface area contributed by atoms with Crippen molar-refractivity contribution in [2.75, 3.05) is 23.3 Å². The Balaban J connectivity index is 1.61. The maximum atomic E-state index is 11.4. The fourth-order valence-corrected chi connectivity index (χ4v) is 3.87. The number of hydrogen-bond acceptors (Lipinski definition) is 8. The monoisotopic (exact) mass is 416 g/mol. The highest BCUT2D eigenvalue weighted by molar-refractivity contribution is 7.89. The van der Waals surface area contributed by atoms with Crippen molar-refractivity contribution in [1.82, 2.24) is 9.97 Å². The van der Waals surface area contributed by atoms with Gasteiger partial charge in [-0.1, -0.05) is 0 Å². The van der Waals surface area contributed by atoms with Crippen molar-refractivity contribution >= 4 is 44.5 Å². The summed E-state index contributed by atoms with van der Waals surface area (Å²) in [4.78, 5) is 22.5. The van der Waals surface area contributed by atoms with Gasteiger partial charge in [-0.3, -0.25) is 4.79 Å². The second kappa shape index (κ2) is 7.33. The third-order valence-electron chi connectivity index (χ3n) is 4.92. The van der Waals surface area contributed by atoms with Gasteiger partial charge in [0.05, 0.1) is 11.2 Å². The number of primary amides is 1. The molecule has 1 amide bonds. The van der Waals surface area contributed by atoms with E-state index in [4.69, 9.17) is 15.3 Å². The SMILES string of the molecule is NC(=O)C1CCN(c2nc(Nc3ccc(S(N)(=O)=O)cc3)nc3ccoc23)CC1. The minimum Gasteiger partial charge on any atom is -0.459 e. The number of nitrogens with two attached hydrogens (primary N) is 2. The molecule has 1 aromatic carbocycles. The fraction of sp³-hybridized carbons (Fsp3) is 0.278. The molecule has 0 bridgehead atoms. The molecule has 29 heavy (non-hydrogen) atoms. The molecule has 1 aliphatic heterocycles. The molecular formula is C18H20N6O4S. The van der Waals surface area contributed by atoms with Crippen LogP contribution < -0.4 is 21.1 Å². The van der Waals surface area contributed by atoms with Gasteiger partial charge in [-0.25, -0.2) is 18.5 Å². The number of furan rings is 1. The summed E-state index contributed by atoms with van der Waals surface area (Å²) in [7, 11) is -3.76. The highest BCUT2D eigenvalue weighted by atomic mass is 32.2. The first-order chi connectivity index (χ1) is 13.8. The summed E-state index contributed by atoms with van der Waals surface area (Å²) in [6.07, 6.45) is 2.85. The summed E-state index contributed by atoms with van der Waals surface area (Å²) in [6, 6.07) is 7.72. The second-order valence-electron chi connectivity index (χ2n) is 6.86. The summed E-state index contributed by atoms with van der Waals surface area (Å²) in [6.45, 7) is 1.26. The van der Waals surface area contributed by atoms with Crippen LogP contribution in [-0.4, -0.2) is 37.4 Å². The quantitative estimate of drug-likeness (QED) is 0.562. The maximum absolute atomic E-state index is 11.4. The molecule has 0 atom stereocenters. The van der Waals surface area contributed by atoms with E-state index in [1.807, 2.05) is 4.90 Å². The van der Waals surface area contributed by atoms with Crippen molar-refractivity contribution in [2.45, 2.75) is 17.7 Å². The zero-order valence-electron chi connectivity index (χ0n) is 15.4. The highest BCUT2D eigenvalue weighted by Gasteiger charge is 2.26. The number of fused-ring (bicyclic) bond motifs is 1. The molecule has 0 saturated carbocycles. The van der Waals surface area contributed by atoms with Gasteiger partial charge < -0.3 is 20.4 Å². The van der Waals surface area contributed by atoms with Crippen LogP contribution in [0.15, 0.2) is 45.9 Å². The minimum absolute atomic E-state index is 0.0206. The predicted octanol–water partition coefficient (Wildman–Crippen LogP) is 1.32. The molecule has 0 radical (unpaired) electrons. The Morgan fingerprint density at radius 3 is 2.45 bits per heavy atom. The topological polar surface area (TPSA) is 157 Å². The van der Waals surface area contributed by atoms with Crippen LogP contribution >= 0.6 is 0 Å². The molecule has 3 aromatic rings. The van der Waals surface area contributed by atoms with Crippen LogP contribution in [-0.2, 0) is 14.8 Å². The van der Waals surface area contributed by atoms with Gasteiger partial charge in [-0.15, -0.1) is 0 Å². The van der Waals surface area contributed by atoms with Gasteiger partial charge in [-0.2, -0.15) is 4.98 Å². The van der Waals surface area contributed by atoms with Crippen molar-refractivity contribution in [3.05, 3.63) is 36.6 Å². The molecular weight excluding hydrogens is 396 g/mol. The third kappa shape index (κ3) is 4.00. The molecule has 2 aromatic heterocycles. The number of hydrogen-bond donors (Lipinski definition) is 3. The van der Waals surface area contributed by atoms with E-state index in [9.17, 15) is 13.2 Å². The number of benzene rings is 1. The molecule has 3 heterocycles. The van der Waals surface area contributed by atoms with Gasteiger partial charge in [0.25, 0.3) is 0 Å². The molecule has 5 N–H and O–H groups in total. The predicted molar refractivity (Wildman–Crippen MR) is 107 cm³/mol. The Bertz CT molecular complexity index is 1150. The van der Waals surface area contributed by atoms with Gasteiger partial charge in [-0.05, 0) is 37.1 Å². The van der Waals surface area contributed by atoms with E-state index in [1.54, 1.807) is 24.5 Å². The van der Waals surface area contributed by atoms with Gasteiger partial charge in [0.2, 0.25) is 21.9 Å². The van der Waals surface area contributed by atoms with E-state index >= 15 is 0 Å². The Hall–Kier alpha value is -3.18. The zero-order chi connectivity index (χ0) is 20.6. The van der Waals surface area contributed by atoms with Crippen LogP contribution in [0.4, 0.5) is 17.5 Å². The largest absolute Gasteiger partial charge is 0.459 e. The number of sulfonamides is 1. The average molecular weight is 416 g/mol.